The molecule has 7 nitrogen and oxygen atoms in total. The maximum absolute atomic E-state index is 5.95. The Balaban J connectivity index is 1.03. The van der Waals surface area contributed by atoms with E-state index in [0.717, 1.165) is 61.1 Å². The highest BCUT2D eigenvalue weighted by Gasteiger charge is 2.43. The molecule has 2 aliphatic rings. The van der Waals surface area contributed by atoms with Gasteiger partial charge in [-0.1, -0.05) is 16.8 Å². The molecule has 1 aliphatic carbocycles. The summed E-state index contributed by atoms with van der Waals surface area (Å²) in [6.45, 7) is 2.81. The van der Waals surface area contributed by atoms with E-state index in [1.54, 1.807) is 12.4 Å². The predicted molar refractivity (Wildman–Crippen MR) is 113 cm³/mol. The Labute approximate surface area is 180 Å². The number of nitrogens with zero attached hydrogens (tertiary/aromatic N) is 5. The molecule has 1 aliphatic heterocycles. The SMILES string of the molecule is Clc1cnc(N2CCC(C3CC3CCOc3ccc(-c4ncno4)cc3)CC2)nc1. The van der Waals surface area contributed by atoms with Crippen LogP contribution < -0.4 is 9.64 Å². The molecule has 0 bridgehead atoms. The number of benzene rings is 1. The topological polar surface area (TPSA) is 77.2 Å². The van der Waals surface area contributed by atoms with Crippen LogP contribution in [0, 0.1) is 17.8 Å². The third-order valence-corrected chi connectivity index (χ3v) is 6.43. The van der Waals surface area contributed by atoms with Crippen molar-refractivity contribution in [2.45, 2.75) is 25.7 Å². The van der Waals surface area contributed by atoms with E-state index >= 15 is 0 Å². The number of aromatic nitrogens is 4. The number of hydrogen-bond acceptors (Lipinski definition) is 7. The molecule has 30 heavy (non-hydrogen) atoms. The van der Waals surface area contributed by atoms with E-state index in [2.05, 4.69) is 25.0 Å². The fraction of sp³-hybridized carbons (Fsp3) is 0.455. The van der Waals surface area contributed by atoms with Gasteiger partial charge in [0.2, 0.25) is 5.95 Å². The quantitative estimate of drug-likeness (QED) is 0.551. The summed E-state index contributed by atoms with van der Waals surface area (Å²) in [5, 5.41) is 4.22. The molecule has 3 aromatic rings. The first-order valence-electron chi connectivity index (χ1n) is 10.5. The van der Waals surface area contributed by atoms with Gasteiger partial charge in [-0.25, -0.2) is 9.97 Å². The van der Waals surface area contributed by atoms with Crippen LogP contribution in [-0.4, -0.2) is 39.8 Å². The van der Waals surface area contributed by atoms with E-state index < -0.39 is 0 Å². The molecule has 2 atom stereocenters. The van der Waals surface area contributed by atoms with Crippen LogP contribution in [0.1, 0.15) is 25.7 Å². The highest BCUT2D eigenvalue weighted by Crippen LogP contribution is 2.49. The summed E-state index contributed by atoms with van der Waals surface area (Å²) in [5.74, 6) is 4.66. The van der Waals surface area contributed by atoms with Gasteiger partial charge in [0.25, 0.3) is 5.89 Å². The molecule has 156 valence electrons. The minimum absolute atomic E-state index is 0.524. The average molecular weight is 426 g/mol. The fourth-order valence-electron chi connectivity index (χ4n) is 4.50. The molecule has 5 rings (SSSR count). The van der Waals surface area contributed by atoms with Crippen LogP contribution in [-0.2, 0) is 0 Å². The lowest BCUT2D eigenvalue weighted by Gasteiger charge is -2.32. The molecule has 2 unspecified atom stereocenters. The average Bonchev–Trinajstić information content (AvgIpc) is 3.34. The van der Waals surface area contributed by atoms with Crippen LogP contribution in [0.5, 0.6) is 5.75 Å². The number of anilines is 1. The Morgan fingerprint density at radius 2 is 1.83 bits per heavy atom. The molecule has 3 heterocycles. The van der Waals surface area contributed by atoms with Crippen LogP contribution in [0.3, 0.4) is 0 Å². The molecule has 0 spiro atoms. The number of rotatable bonds is 7. The van der Waals surface area contributed by atoms with Gasteiger partial charge in [0, 0.05) is 18.7 Å². The van der Waals surface area contributed by atoms with Crippen molar-refractivity contribution in [3.8, 4) is 17.2 Å². The van der Waals surface area contributed by atoms with Crippen molar-refractivity contribution in [3.63, 3.8) is 0 Å². The molecule has 1 aromatic carbocycles. The van der Waals surface area contributed by atoms with Crippen LogP contribution in [0.2, 0.25) is 5.02 Å². The summed E-state index contributed by atoms with van der Waals surface area (Å²) < 4.78 is 11.0. The van der Waals surface area contributed by atoms with Gasteiger partial charge in [0.1, 0.15) is 5.75 Å². The van der Waals surface area contributed by atoms with Gasteiger partial charge in [-0.2, -0.15) is 4.98 Å². The lowest BCUT2D eigenvalue weighted by atomic mass is 9.90. The van der Waals surface area contributed by atoms with Crippen molar-refractivity contribution in [1.82, 2.24) is 20.1 Å². The zero-order valence-electron chi connectivity index (χ0n) is 16.7. The van der Waals surface area contributed by atoms with Gasteiger partial charge < -0.3 is 14.2 Å². The largest absolute Gasteiger partial charge is 0.494 e. The molecule has 2 fully saturated rings. The Morgan fingerprint density at radius 3 is 2.53 bits per heavy atom. The van der Waals surface area contributed by atoms with Crippen LogP contribution in [0.4, 0.5) is 5.95 Å². The lowest BCUT2D eigenvalue weighted by molar-refractivity contribution is 0.284. The molecule has 8 heteroatoms. The van der Waals surface area contributed by atoms with Crippen molar-refractivity contribution in [2.75, 3.05) is 24.6 Å². The summed E-state index contributed by atoms with van der Waals surface area (Å²) in [4.78, 5) is 15.0. The van der Waals surface area contributed by atoms with Crippen LogP contribution >= 0.6 is 11.6 Å². The molecule has 0 N–H and O–H groups in total. The van der Waals surface area contributed by atoms with Crippen molar-refractivity contribution >= 4 is 17.5 Å². The zero-order chi connectivity index (χ0) is 20.3. The van der Waals surface area contributed by atoms with E-state index in [1.165, 1.54) is 25.6 Å². The van der Waals surface area contributed by atoms with E-state index in [9.17, 15) is 0 Å². The van der Waals surface area contributed by atoms with Crippen molar-refractivity contribution < 1.29 is 9.26 Å². The van der Waals surface area contributed by atoms with E-state index in [-0.39, 0.29) is 0 Å². The molecular weight excluding hydrogens is 402 g/mol. The van der Waals surface area contributed by atoms with Gasteiger partial charge in [-0.15, -0.1) is 0 Å². The first kappa shape index (κ1) is 19.3. The first-order chi connectivity index (χ1) is 14.8. The second-order valence-corrected chi connectivity index (χ2v) is 8.53. The molecule has 2 aromatic heterocycles. The van der Waals surface area contributed by atoms with Crippen molar-refractivity contribution in [1.29, 1.82) is 0 Å². The van der Waals surface area contributed by atoms with Gasteiger partial charge in [0.15, 0.2) is 6.33 Å². The summed E-state index contributed by atoms with van der Waals surface area (Å²) >= 11 is 5.89. The summed E-state index contributed by atoms with van der Waals surface area (Å²) in [6, 6.07) is 7.80. The fourth-order valence-corrected chi connectivity index (χ4v) is 4.60. The standard InChI is InChI=1S/C22H24ClN5O2/c23-18-12-24-22(25-13-18)28-8-5-15(6-9-28)20-11-17(20)7-10-29-19-3-1-16(2-4-19)21-26-14-27-30-21/h1-4,12-15,17,20H,5-11H2. The summed E-state index contributed by atoms with van der Waals surface area (Å²) in [6.07, 6.45) is 9.63. The monoisotopic (exact) mass is 425 g/mol. The number of hydrogen-bond donors (Lipinski definition) is 0. The first-order valence-corrected chi connectivity index (χ1v) is 10.9. The van der Waals surface area contributed by atoms with Gasteiger partial charge >= 0.3 is 0 Å². The van der Waals surface area contributed by atoms with Crippen LogP contribution in [0.25, 0.3) is 11.5 Å². The predicted octanol–water partition coefficient (Wildman–Crippen LogP) is 4.50. The second kappa shape index (κ2) is 8.60. The maximum atomic E-state index is 5.95. The number of halogens is 1. The Hall–Kier alpha value is -2.67. The molecular formula is C22H24ClN5O2. The normalized spacial score (nSPS) is 21.6. The molecule has 1 saturated carbocycles. The molecule has 0 radical (unpaired) electrons. The van der Waals surface area contributed by atoms with Gasteiger partial charge in [-0.05, 0) is 67.7 Å². The molecule has 1 saturated heterocycles. The van der Waals surface area contributed by atoms with E-state index in [1.807, 2.05) is 24.3 Å². The Bertz CT molecular complexity index is 941. The van der Waals surface area contributed by atoms with E-state index in [4.69, 9.17) is 20.9 Å². The number of piperidine rings is 1. The van der Waals surface area contributed by atoms with Gasteiger partial charge in [0.05, 0.1) is 24.0 Å². The Kier molecular flexibility index (Phi) is 5.53. The highest BCUT2D eigenvalue weighted by atomic mass is 35.5. The Morgan fingerprint density at radius 1 is 1.07 bits per heavy atom. The van der Waals surface area contributed by atoms with E-state index in [0.29, 0.717) is 10.9 Å². The summed E-state index contributed by atoms with van der Waals surface area (Å²) in [5.41, 5.74) is 0.900. The highest BCUT2D eigenvalue weighted by molar-refractivity contribution is 6.30. The minimum Gasteiger partial charge on any atom is -0.494 e. The van der Waals surface area contributed by atoms with Crippen molar-refractivity contribution in [2.24, 2.45) is 17.8 Å². The molecule has 0 amide bonds. The number of ether oxygens (including phenoxy) is 1. The zero-order valence-corrected chi connectivity index (χ0v) is 17.4. The maximum Gasteiger partial charge on any atom is 0.257 e. The van der Waals surface area contributed by atoms with Crippen molar-refractivity contribution in [3.05, 3.63) is 48.0 Å². The van der Waals surface area contributed by atoms with Gasteiger partial charge in [-0.3, -0.25) is 0 Å². The van der Waals surface area contributed by atoms with Crippen LogP contribution in [0.15, 0.2) is 47.5 Å². The third kappa shape index (κ3) is 4.41. The third-order valence-electron chi connectivity index (χ3n) is 6.23. The second-order valence-electron chi connectivity index (χ2n) is 8.09. The lowest BCUT2D eigenvalue weighted by Crippen LogP contribution is -2.35. The smallest absolute Gasteiger partial charge is 0.257 e. The summed E-state index contributed by atoms with van der Waals surface area (Å²) in [7, 11) is 0. The minimum atomic E-state index is 0.524.